The quantitative estimate of drug-likeness (QED) is 0.598. The summed E-state index contributed by atoms with van der Waals surface area (Å²) in [6, 6.07) is 13.7. The van der Waals surface area contributed by atoms with Crippen LogP contribution in [0.2, 0.25) is 0 Å². The molecule has 0 fully saturated rings. The molecular formula is C23H26N2O6. The molecule has 1 aliphatic carbocycles. The molecule has 8 nitrogen and oxygen atoms in total. The first-order valence-electron chi connectivity index (χ1n) is 10.0. The van der Waals surface area contributed by atoms with Crippen LogP contribution in [0.3, 0.4) is 0 Å². The van der Waals surface area contributed by atoms with E-state index < -0.39 is 36.2 Å². The molecule has 2 amide bonds. The highest BCUT2D eigenvalue weighted by Gasteiger charge is 2.31. The fourth-order valence-electron chi connectivity index (χ4n) is 3.68. The average molecular weight is 426 g/mol. The fraction of sp³-hybridized carbons (Fsp3) is 0.348. The molecule has 0 heterocycles. The second kappa shape index (κ2) is 9.61. The number of amides is 2. The molecule has 164 valence electrons. The Bertz CT molecular complexity index is 931. The predicted octanol–water partition coefficient (Wildman–Crippen LogP) is 2.52. The summed E-state index contributed by atoms with van der Waals surface area (Å²) >= 11 is 0. The predicted molar refractivity (Wildman–Crippen MR) is 114 cm³/mol. The summed E-state index contributed by atoms with van der Waals surface area (Å²) in [7, 11) is 1.35. The maximum absolute atomic E-state index is 12.3. The maximum atomic E-state index is 12.3. The first kappa shape index (κ1) is 22.3. The van der Waals surface area contributed by atoms with Crippen LogP contribution in [0.25, 0.3) is 11.1 Å². The number of hydrogen-bond acceptors (Lipinski definition) is 5. The number of ether oxygens (including phenoxy) is 2. The van der Waals surface area contributed by atoms with Crippen molar-refractivity contribution in [3.05, 3.63) is 59.7 Å². The molecule has 0 saturated carbocycles. The van der Waals surface area contributed by atoms with Gasteiger partial charge in [-0.2, -0.15) is 0 Å². The molecule has 1 aliphatic rings. The summed E-state index contributed by atoms with van der Waals surface area (Å²) in [6.07, 6.45) is -1.49. The van der Waals surface area contributed by atoms with Gasteiger partial charge in [-0.05, 0) is 36.1 Å². The molecule has 0 aliphatic heterocycles. The van der Waals surface area contributed by atoms with Crippen LogP contribution in [-0.2, 0) is 19.1 Å². The van der Waals surface area contributed by atoms with E-state index in [1.54, 1.807) is 0 Å². The number of rotatable bonds is 8. The van der Waals surface area contributed by atoms with Crippen molar-refractivity contribution in [2.75, 3.05) is 13.7 Å². The van der Waals surface area contributed by atoms with Gasteiger partial charge in [0.05, 0.1) is 6.10 Å². The highest BCUT2D eigenvalue weighted by Crippen LogP contribution is 2.44. The fourth-order valence-corrected chi connectivity index (χ4v) is 3.68. The lowest BCUT2D eigenvalue weighted by Crippen LogP contribution is -2.54. The minimum Gasteiger partial charge on any atom is -0.480 e. The Balaban J connectivity index is 1.59. The number of carbonyl (C=O) groups is 3. The highest BCUT2D eigenvalue weighted by atomic mass is 16.5. The first-order valence-corrected chi connectivity index (χ1v) is 10.0. The van der Waals surface area contributed by atoms with Crippen LogP contribution >= 0.6 is 0 Å². The molecular weight excluding hydrogens is 400 g/mol. The van der Waals surface area contributed by atoms with Gasteiger partial charge in [-0.25, -0.2) is 9.59 Å². The lowest BCUT2D eigenvalue weighted by molar-refractivity contribution is -0.145. The van der Waals surface area contributed by atoms with Gasteiger partial charge in [-0.3, -0.25) is 4.79 Å². The second-order valence-corrected chi connectivity index (χ2v) is 7.46. The van der Waals surface area contributed by atoms with Crippen LogP contribution < -0.4 is 10.6 Å². The van der Waals surface area contributed by atoms with Crippen molar-refractivity contribution < 1.29 is 29.0 Å². The van der Waals surface area contributed by atoms with E-state index in [4.69, 9.17) is 9.47 Å². The van der Waals surface area contributed by atoms with E-state index in [0.29, 0.717) is 0 Å². The zero-order valence-corrected chi connectivity index (χ0v) is 17.6. The van der Waals surface area contributed by atoms with Gasteiger partial charge in [0.1, 0.15) is 12.6 Å². The van der Waals surface area contributed by atoms with Crippen LogP contribution in [0, 0.1) is 0 Å². The van der Waals surface area contributed by atoms with Gasteiger partial charge in [-0.15, -0.1) is 0 Å². The smallest absolute Gasteiger partial charge is 0.407 e. The van der Waals surface area contributed by atoms with Gasteiger partial charge in [0, 0.05) is 13.0 Å². The van der Waals surface area contributed by atoms with Gasteiger partial charge in [0.15, 0.2) is 6.04 Å². The molecule has 0 saturated heterocycles. The summed E-state index contributed by atoms with van der Waals surface area (Å²) in [5.74, 6) is -1.97. The minimum atomic E-state index is -1.23. The Morgan fingerprint density at radius 2 is 1.52 bits per heavy atom. The van der Waals surface area contributed by atoms with E-state index in [1.165, 1.54) is 21.0 Å². The van der Waals surface area contributed by atoms with E-state index >= 15 is 0 Å². The Hall–Kier alpha value is -3.39. The molecule has 2 unspecified atom stereocenters. The zero-order valence-electron chi connectivity index (χ0n) is 17.6. The zero-order chi connectivity index (χ0) is 22.5. The lowest BCUT2D eigenvalue weighted by atomic mass is 9.98. The van der Waals surface area contributed by atoms with Crippen LogP contribution in [0.4, 0.5) is 4.79 Å². The molecule has 31 heavy (non-hydrogen) atoms. The molecule has 3 N–H and O–H groups in total. The van der Waals surface area contributed by atoms with Crippen molar-refractivity contribution in [3.63, 3.8) is 0 Å². The number of nitrogens with one attached hydrogen (secondary N) is 2. The Morgan fingerprint density at radius 1 is 0.968 bits per heavy atom. The van der Waals surface area contributed by atoms with Crippen molar-refractivity contribution in [2.24, 2.45) is 0 Å². The van der Waals surface area contributed by atoms with Crippen LogP contribution in [-0.4, -0.2) is 55.0 Å². The van der Waals surface area contributed by atoms with Crippen molar-refractivity contribution in [2.45, 2.75) is 38.0 Å². The van der Waals surface area contributed by atoms with Crippen LogP contribution in [0.5, 0.6) is 0 Å². The third kappa shape index (κ3) is 4.86. The molecule has 3 atom stereocenters. The van der Waals surface area contributed by atoms with Crippen molar-refractivity contribution in [1.82, 2.24) is 10.6 Å². The van der Waals surface area contributed by atoms with Gasteiger partial charge < -0.3 is 25.2 Å². The number of alkyl carbamates (subject to hydrolysis) is 1. The molecule has 0 bridgehead atoms. The van der Waals surface area contributed by atoms with Crippen molar-refractivity contribution >= 4 is 18.0 Å². The maximum Gasteiger partial charge on any atom is 0.407 e. The Morgan fingerprint density at radius 3 is 2.03 bits per heavy atom. The molecule has 0 spiro atoms. The van der Waals surface area contributed by atoms with Gasteiger partial charge >= 0.3 is 12.1 Å². The van der Waals surface area contributed by atoms with Gasteiger partial charge in [0.25, 0.3) is 0 Å². The molecule has 3 rings (SSSR count). The summed E-state index contributed by atoms with van der Waals surface area (Å²) < 4.78 is 10.4. The van der Waals surface area contributed by atoms with Crippen molar-refractivity contribution in [1.29, 1.82) is 0 Å². The summed E-state index contributed by atoms with van der Waals surface area (Å²) in [6.45, 7) is 3.10. The molecule has 0 radical (unpaired) electrons. The van der Waals surface area contributed by atoms with Gasteiger partial charge in [0.2, 0.25) is 5.91 Å². The highest BCUT2D eigenvalue weighted by molar-refractivity contribution is 5.89. The van der Waals surface area contributed by atoms with E-state index in [2.05, 4.69) is 10.6 Å². The number of methoxy groups -OCH3 is 1. The number of aliphatic carboxylic acids is 1. The van der Waals surface area contributed by atoms with E-state index in [0.717, 1.165) is 22.3 Å². The molecule has 8 heteroatoms. The molecule has 2 aromatic rings. The number of carbonyl (C=O) groups excluding carboxylic acids is 2. The van der Waals surface area contributed by atoms with Crippen LogP contribution in [0.15, 0.2) is 48.5 Å². The summed E-state index contributed by atoms with van der Waals surface area (Å²) in [5.41, 5.74) is 4.40. The van der Waals surface area contributed by atoms with E-state index in [9.17, 15) is 19.5 Å². The SMILES string of the molecule is COC(C)C(NC(=O)[C@@H](C)NC(=O)OCC1c2ccccc2-c2ccccc21)C(=O)O. The number of hydrogen-bond donors (Lipinski definition) is 3. The standard InChI is InChI=1S/C23H26N2O6/c1-13(21(26)25-20(22(27)28)14(2)30-3)24-23(29)31-12-19-17-10-6-4-8-15(17)16-9-5-7-11-18(16)19/h4-11,13-14,19-20H,12H2,1-3H3,(H,24,29)(H,25,26)(H,27,28)/t13-,14?,20?/m1/s1. The third-order valence-electron chi connectivity index (χ3n) is 5.48. The third-order valence-corrected chi connectivity index (χ3v) is 5.48. The largest absolute Gasteiger partial charge is 0.480 e. The summed E-state index contributed by atoms with van der Waals surface area (Å²) in [4.78, 5) is 35.9. The normalized spacial score (nSPS) is 15.2. The average Bonchev–Trinajstić information content (AvgIpc) is 3.08. The second-order valence-electron chi connectivity index (χ2n) is 7.46. The van der Waals surface area contributed by atoms with Crippen LogP contribution in [0.1, 0.15) is 30.9 Å². The summed E-state index contributed by atoms with van der Waals surface area (Å²) in [5, 5.41) is 14.1. The first-order chi connectivity index (χ1) is 14.8. The topological polar surface area (TPSA) is 114 Å². The monoisotopic (exact) mass is 426 g/mol. The Labute approximate surface area is 180 Å². The number of benzene rings is 2. The number of fused-ring (bicyclic) bond motifs is 3. The van der Waals surface area contributed by atoms with E-state index in [1.807, 2.05) is 48.5 Å². The molecule has 2 aromatic carbocycles. The number of carboxylic acid groups (broad SMARTS) is 1. The minimum absolute atomic E-state index is 0.0961. The lowest BCUT2D eigenvalue weighted by Gasteiger charge is -2.22. The van der Waals surface area contributed by atoms with Gasteiger partial charge in [-0.1, -0.05) is 48.5 Å². The number of carboxylic acids is 1. The Kier molecular flexibility index (Phi) is 6.91. The molecule has 0 aromatic heterocycles. The van der Waals surface area contributed by atoms with Crippen molar-refractivity contribution in [3.8, 4) is 11.1 Å². The van der Waals surface area contributed by atoms with E-state index in [-0.39, 0.29) is 12.5 Å².